The summed E-state index contributed by atoms with van der Waals surface area (Å²) >= 11 is 2.87. The summed E-state index contributed by atoms with van der Waals surface area (Å²) < 4.78 is 0.772. The van der Waals surface area contributed by atoms with Gasteiger partial charge in [-0.25, -0.2) is 0 Å². The molecule has 0 saturated heterocycles. The van der Waals surface area contributed by atoms with Gasteiger partial charge in [0.05, 0.1) is 5.25 Å². The van der Waals surface area contributed by atoms with E-state index >= 15 is 0 Å². The largest absolute Gasteiger partial charge is 0.355 e. The molecule has 1 aromatic heterocycles. The van der Waals surface area contributed by atoms with Gasteiger partial charge < -0.3 is 10.6 Å². The molecule has 1 heterocycles. The summed E-state index contributed by atoms with van der Waals surface area (Å²) in [5, 5.41) is 15.0. The number of hydrogen-bond donors (Lipinski definition) is 2. The van der Waals surface area contributed by atoms with Gasteiger partial charge >= 0.3 is 0 Å². The predicted molar refractivity (Wildman–Crippen MR) is 108 cm³/mol. The first-order valence-corrected chi connectivity index (χ1v) is 10.0. The van der Waals surface area contributed by atoms with Crippen LogP contribution >= 0.6 is 23.1 Å². The molecule has 0 aliphatic rings. The van der Waals surface area contributed by atoms with Crippen molar-refractivity contribution < 1.29 is 4.79 Å². The number of aromatic nitrogens is 2. The topological polar surface area (TPSA) is 66.9 Å². The Labute approximate surface area is 161 Å². The van der Waals surface area contributed by atoms with Gasteiger partial charge in [-0.1, -0.05) is 71.6 Å². The second-order valence-electron chi connectivity index (χ2n) is 5.65. The molecule has 3 aromatic rings. The molecule has 5 nitrogen and oxygen atoms in total. The summed E-state index contributed by atoms with van der Waals surface area (Å²) in [6.07, 6.45) is 0.827. The molecule has 2 aromatic carbocycles. The summed E-state index contributed by atoms with van der Waals surface area (Å²) in [5.41, 5.74) is 2.18. The fourth-order valence-corrected chi connectivity index (χ4v) is 4.22. The van der Waals surface area contributed by atoms with E-state index in [0.29, 0.717) is 6.54 Å². The highest BCUT2D eigenvalue weighted by Gasteiger charge is 2.16. The first kappa shape index (κ1) is 18.4. The zero-order valence-electron chi connectivity index (χ0n) is 14.4. The molecule has 0 spiro atoms. The summed E-state index contributed by atoms with van der Waals surface area (Å²) in [4.78, 5) is 12.2. The minimum Gasteiger partial charge on any atom is -0.355 e. The maximum atomic E-state index is 12.2. The number of nitrogens with one attached hydrogen (secondary N) is 2. The molecule has 0 fully saturated rings. The van der Waals surface area contributed by atoms with E-state index in [9.17, 15) is 4.79 Å². The van der Waals surface area contributed by atoms with Gasteiger partial charge in [0.2, 0.25) is 11.0 Å². The maximum absolute atomic E-state index is 12.2. The Morgan fingerprint density at radius 3 is 2.50 bits per heavy atom. The van der Waals surface area contributed by atoms with Crippen LogP contribution in [0.1, 0.15) is 12.5 Å². The third-order valence-electron chi connectivity index (χ3n) is 3.63. The molecule has 134 valence electrons. The van der Waals surface area contributed by atoms with Crippen LogP contribution in [-0.4, -0.2) is 27.9 Å². The van der Waals surface area contributed by atoms with E-state index < -0.39 is 0 Å². The Morgan fingerprint density at radius 2 is 1.77 bits per heavy atom. The Balaban J connectivity index is 1.45. The van der Waals surface area contributed by atoms with Crippen molar-refractivity contribution in [3.05, 3.63) is 66.2 Å². The van der Waals surface area contributed by atoms with Gasteiger partial charge in [0, 0.05) is 12.2 Å². The van der Waals surface area contributed by atoms with Crippen molar-refractivity contribution in [2.45, 2.75) is 22.9 Å². The van der Waals surface area contributed by atoms with Crippen LogP contribution in [0, 0.1) is 0 Å². The lowest BCUT2D eigenvalue weighted by Gasteiger charge is -2.10. The highest BCUT2D eigenvalue weighted by atomic mass is 32.2. The molecule has 2 N–H and O–H groups in total. The smallest absolute Gasteiger partial charge is 0.233 e. The first-order chi connectivity index (χ1) is 12.7. The number of hydrogen-bond acceptors (Lipinski definition) is 6. The van der Waals surface area contributed by atoms with Crippen LogP contribution in [0.5, 0.6) is 0 Å². The second kappa shape index (κ2) is 9.35. The van der Waals surface area contributed by atoms with Crippen molar-refractivity contribution in [1.82, 2.24) is 15.5 Å². The lowest BCUT2D eigenvalue weighted by atomic mass is 10.1. The zero-order chi connectivity index (χ0) is 18.2. The third-order valence-corrected chi connectivity index (χ3v) is 5.66. The molecule has 1 atom stereocenters. The molecule has 3 rings (SSSR count). The fourth-order valence-electron chi connectivity index (χ4n) is 2.28. The lowest BCUT2D eigenvalue weighted by Crippen LogP contribution is -2.32. The number of carbonyl (C=O) groups excluding carboxylic acids is 1. The molecule has 0 saturated carbocycles. The lowest BCUT2D eigenvalue weighted by molar-refractivity contribution is -0.120. The standard InChI is InChI=1S/C19H20N4OS2/c1-14(17(24)20-13-12-15-8-4-2-5-9-15)25-19-23-22-18(26-19)21-16-10-6-3-7-11-16/h2-11,14H,12-13H2,1H3,(H,20,24)(H,21,22). The van der Waals surface area contributed by atoms with Crippen LogP contribution in [0.15, 0.2) is 65.0 Å². The number of para-hydroxylation sites is 1. The molecule has 0 aliphatic carbocycles. The van der Waals surface area contributed by atoms with Crippen LogP contribution in [-0.2, 0) is 11.2 Å². The fraction of sp³-hybridized carbons (Fsp3) is 0.211. The SMILES string of the molecule is CC(Sc1nnc(Nc2ccccc2)s1)C(=O)NCCc1ccccc1. The zero-order valence-corrected chi connectivity index (χ0v) is 16.0. The first-order valence-electron chi connectivity index (χ1n) is 8.34. The summed E-state index contributed by atoms with van der Waals surface area (Å²) in [6.45, 7) is 2.51. The molecular weight excluding hydrogens is 364 g/mol. The number of rotatable bonds is 8. The normalized spacial score (nSPS) is 11.7. The molecule has 7 heteroatoms. The number of nitrogens with zero attached hydrogens (tertiary/aromatic N) is 2. The van der Waals surface area contributed by atoms with Gasteiger partial charge in [0.1, 0.15) is 0 Å². The quantitative estimate of drug-likeness (QED) is 0.572. The van der Waals surface area contributed by atoms with Crippen molar-refractivity contribution in [2.24, 2.45) is 0 Å². The van der Waals surface area contributed by atoms with Gasteiger partial charge in [-0.2, -0.15) is 0 Å². The molecule has 26 heavy (non-hydrogen) atoms. The second-order valence-corrected chi connectivity index (χ2v) is 8.22. The summed E-state index contributed by atoms with van der Waals surface area (Å²) in [7, 11) is 0. The van der Waals surface area contributed by atoms with Gasteiger partial charge in [-0.05, 0) is 31.0 Å². The van der Waals surface area contributed by atoms with Gasteiger partial charge in [0.25, 0.3) is 0 Å². The Hall–Kier alpha value is -2.38. The average molecular weight is 385 g/mol. The van der Waals surface area contributed by atoms with Crippen LogP contribution in [0.4, 0.5) is 10.8 Å². The Bertz CT molecular complexity index is 824. The van der Waals surface area contributed by atoms with Crippen LogP contribution in [0.25, 0.3) is 0 Å². The van der Waals surface area contributed by atoms with Gasteiger partial charge in [0.15, 0.2) is 4.34 Å². The van der Waals surface area contributed by atoms with E-state index in [1.54, 1.807) is 0 Å². The van der Waals surface area contributed by atoms with E-state index in [2.05, 4.69) is 33.0 Å². The van der Waals surface area contributed by atoms with Crippen molar-refractivity contribution in [3.8, 4) is 0 Å². The number of anilines is 2. The minimum absolute atomic E-state index is 0.0127. The number of amides is 1. The van der Waals surface area contributed by atoms with Gasteiger partial charge in [-0.3, -0.25) is 4.79 Å². The molecule has 1 amide bonds. The molecule has 0 bridgehead atoms. The van der Waals surface area contributed by atoms with Gasteiger partial charge in [-0.15, -0.1) is 10.2 Å². The number of thioether (sulfide) groups is 1. The summed E-state index contributed by atoms with van der Waals surface area (Å²) in [5.74, 6) is 0.0127. The van der Waals surface area contributed by atoms with E-state index in [4.69, 9.17) is 0 Å². The van der Waals surface area contributed by atoms with E-state index in [1.807, 2.05) is 55.5 Å². The Kier molecular flexibility index (Phi) is 6.62. The molecule has 1 unspecified atom stereocenters. The third kappa shape index (κ3) is 5.57. The molecule has 0 aliphatic heterocycles. The maximum Gasteiger partial charge on any atom is 0.233 e. The van der Waals surface area contributed by atoms with Crippen LogP contribution in [0.2, 0.25) is 0 Å². The Morgan fingerprint density at radius 1 is 1.08 bits per heavy atom. The monoisotopic (exact) mass is 384 g/mol. The van der Waals surface area contributed by atoms with Crippen molar-refractivity contribution in [1.29, 1.82) is 0 Å². The molecular formula is C19H20N4OS2. The number of carbonyl (C=O) groups is 1. The highest BCUT2D eigenvalue weighted by molar-refractivity contribution is 8.02. The van der Waals surface area contributed by atoms with Crippen molar-refractivity contribution in [3.63, 3.8) is 0 Å². The van der Waals surface area contributed by atoms with Crippen molar-refractivity contribution >= 4 is 39.8 Å². The summed E-state index contributed by atoms with van der Waals surface area (Å²) in [6, 6.07) is 19.9. The van der Waals surface area contributed by atoms with E-state index in [0.717, 1.165) is 21.6 Å². The van der Waals surface area contributed by atoms with Crippen LogP contribution in [0.3, 0.4) is 0 Å². The number of benzene rings is 2. The van der Waals surface area contributed by atoms with E-state index in [-0.39, 0.29) is 11.2 Å². The average Bonchev–Trinajstić information content (AvgIpc) is 3.10. The highest BCUT2D eigenvalue weighted by Crippen LogP contribution is 2.30. The van der Waals surface area contributed by atoms with Crippen molar-refractivity contribution in [2.75, 3.05) is 11.9 Å². The predicted octanol–water partition coefficient (Wildman–Crippen LogP) is 4.12. The van der Waals surface area contributed by atoms with E-state index in [1.165, 1.54) is 28.7 Å². The minimum atomic E-state index is -0.219. The molecule has 0 radical (unpaired) electrons. The van der Waals surface area contributed by atoms with Crippen LogP contribution < -0.4 is 10.6 Å².